The van der Waals surface area contributed by atoms with Gasteiger partial charge in [0.1, 0.15) is 11.1 Å². The van der Waals surface area contributed by atoms with E-state index in [2.05, 4.69) is 15.1 Å². The van der Waals surface area contributed by atoms with E-state index in [9.17, 15) is 4.79 Å². The lowest BCUT2D eigenvalue weighted by Gasteiger charge is -2.22. The Labute approximate surface area is 139 Å². The highest BCUT2D eigenvalue weighted by molar-refractivity contribution is 7.98. The van der Waals surface area contributed by atoms with Gasteiger partial charge < -0.3 is 9.42 Å². The van der Waals surface area contributed by atoms with Gasteiger partial charge in [0.2, 0.25) is 5.89 Å². The molecular formula is C16H20N4O2S. The molecule has 0 aromatic carbocycles. The van der Waals surface area contributed by atoms with E-state index in [-0.39, 0.29) is 17.9 Å². The number of amides is 1. The average Bonchev–Trinajstić information content (AvgIpc) is 3.22. The number of hydrogen-bond donors (Lipinski definition) is 0. The van der Waals surface area contributed by atoms with E-state index in [0.29, 0.717) is 23.8 Å². The van der Waals surface area contributed by atoms with Crippen molar-refractivity contribution in [3.05, 3.63) is 35.6 Å². The van der Waals surface area contributed by atoms with Crippen LogP contribution in [0.4, 0.5) is 0 Å². The van der Waals surface area contributed by atoms with Crippen molar-refractivity contribution < 1.29 is 9.32 Å². The summed E-state index contributed by atoms with van der Waals surface area (Å²) in [6.45, 7) is 4.74. The van der Waals surface area contributed by atoms with Crippen molar-refractivity contribution in [2.24, 2.45) is 0 Å². The lowest BCUT2D eigenvalue weighted by molar-refractivity contribution is 0.0705. The molecule has 1 aliphatic heterocycles. The van der Waals surface area contributed by atoms with E-state index in [1.807, 2.05) is 31.1 Å². The molecule has 3 rings (SSSR count). The van der Waals surface area contributed by atoms with Gasteiger partial charge >= 0.3 is 0 Å². The number of pyridine rings is 1. The van der Waals surface area contributed by atoms with E-state index in [1.165, 1.54) is 11.8 Å². The van der Waals surface area contributed by atoms with E-state index in [1.54, 1.807) is 12.3 Å². The lowest BCUT2D eigenvalue weighted by Crippen LogP contribution is -2.31. The quantitative estimate of drug-likeness (QED) is 0.800. The Balaban J connectivity index is 1.87. The smallest absolute Gasteiger partial charge is 0.257 e. The summed E-state index contributed by atoms with van der Waals surface area (Å²) in [6.07, 6.45) is 5.41. The Morgan fingerprint density at radius 2 is 2.30 bits per heavy atom. The SMILES string of the molecule is CSc1ncccc1C(=O)N1CCCC1c1nc(C(C)C)no1. The molecule has 0 saturated carbocycles. The lowest BCUT2D eigenvalue weighted by atomic mass is 10.2. The van der Waals surface area contributed by atoms with Gasteiger partial charge in [0.25, 0.3) is 5.91 Å². The maximum Gasteiger partial charge on any atom is 0.257 e. The van der Waals surface area contributed by atoms with Crippen molar-refractivity contribution in [2.75, 3.05) is 12.8 Å². The van der Waals surface area contributed by atoms with E-state index < -0.39 is 0 Å². The van der Waals surface area contributed by atoms with Crippen molar-refractivity contribution >= 4 is 17.7 Å². The average molecular weight is 332 g/mol. The predicted octanol–water partition coefficient (Wildman–Crippen LogP) is 3.29. The highest BCUT2D eigenvalue weighted by atomic mass is 32.2. The van der Waals surface area contributed by atoms with Crippen molar-refractivity contribution in [3.63, 3.8) is 0 Å². The maximum atomic E-state index is 12.9. The molecule has 3 heterocycles. The number of carbonyl (C=O) groups is 1. The number of thioether (sulfide) groups is 1. The molecule has 7 heteroatoms. The minimum atomic E-state index is -0.141. The first-order valence-corrected chi connectivity index (χ1v) is 8.97. The Morgan fingerprint density at radius 1 is 1.48 bits per heavy atom. The first kappa shape index (κ1) is 16.0. The van der Waals surface area contributed by atoms with E-state index in [0.717, 1.165) is 17.9 Å². The minimum Gasteiger partial charge on any atom is -0.337 e. The van der Waals surface area contributed by atoms with E-state index in [4.69, 9.17) is 4.52 Å². The second kappa shape index (κ2) is 6.70. The summed E-state index contributed by atoms with van der Waals surface area (Å²) in [7, 11) is 0. The summed E-state index contributed by atoms with van der Waals surface area (Å²) < 4.78 is 5.41. The molecule has 0 N–H and O–H groups in total. The van der Waals surface area contributed by atoms with Gasteiger partial charge in [-0.15, -0.1) is 11.8 Å². The van der Waals surface area contributed by atoms with Gasteiger partial charge in [-0.05, 0) is 31.2 Å². The van der Waals surface area contributed by atoms with Gasteiger partial charge in [-0.3, -0.25) is 4.79 Å². The largest absolute Gasteiger partial charge is 0.337 e. The molecule has 2 aromatic heterocycles. The van der Waals surface area contributed by atoms with Crippen LogP contribution in [-0.2, 0) is 0 Å². The molecule has 1 saturated heterocycles. The molecule has 6 nitrogen and oxygen atoms in total. The fourth-order valence-electron chi connectivity index (χ4n) is 2.75. The van der Waals surface area contributed by atoms with Crippen molar-refractivity contribution in [3.8, 4) is 0 Å². The summed E-state index contributed by atoms with van der Waals surface area (Å²) in [5.41, 5.74) is 0.635. The van der Waals surface area contributed by atoms with Gasteiger partial charge in [0.15, 0.2) is 5.82 Å². The fourth-order valence-corrected chi connectivity index (χ4v) is 3.30. The summed E-state index contributed by atoms with van der Waals surface area (Å²) in [4.78, 5) is 23.5. The molecule has 122 valence electrons. The fraction of sp³-hybridized carbons (Fsp3) is 0.500. The summed E-state index contributed by atoms with van der Waals surface area (Å²) in [5.74, 6) is 1.41. The molecule has 1 aliphatic rings. The van der Waals surface area contributed by atoms with Crippen LogP contribution < -0.4 is 0 Å². The highest BCUT2D eigenvalue weighted by Crippen LogP contribution is 2.33. The number of rotatable bonds is 4. The Morgan fingerprint density at radius 3 is 3.00 bits per heavy atom. The number of aromatic nitrogens is 3. The molecule has 1 atom stereocenters. The normalized spacial score (nSPS) is 17.9. The summed E-state index contributed by atoms with van der Waals surface area (Å²) in [5, 5.41) is 4.77. The van der Waals surface area contributed by atoms with E-state index >= 15 is 0 Å². The Bertz CT molecular complexity index is 701. The highest BCUT2D eigenvalue weighted by Gasteiger charge is 2.35. The van der Waals surface area contributed by atoms with Crippen LogP contribution in [0, 0.1) is 0 Å². The molecule has 1 unspecified atom stereocenters. The zero-order chi connectivity index (χ0) is 16.4. The van der Waals surface area contributed by atoms with Crippen LogP contribution in [-0.4, -0.2) is 38.7 Å². The molecular weight excluding hydrogens is 312 g/mol. The van der Waals surface area contributed by atoms with Crippen LogP contribution in [0.2, 0.25) is 0 Å². The van der Waals surface area contributed by atoms with Gasteiger partial charge in [-0.1, -0.05) is 19.0 Å². The molecule has 2 aromatic rings. The van der Waals surface area contributed by atoms with Crippen LogP contribution in [0.25, 0.3) is 0 Å². The molecule has 0 radical (unpaired) electrons. The van der Waals surface area contributed by atoms with Crippen LogP contribution in [0.15, 0.2) is 27.9 Å². The number of carbonyl (C=O) groups excluding carboxylic acids is 1. The minimum absolute atomic E-state index is 0.0192. The van der Waals surface area contributed by atoms with Gasteiger partial charge in [-0.2, -0.15) is 4.98 Å². The third kappa shape index (κ3) is 3.10. The summed E-state index contributed by atoms with van der Waals surface area (Å²) >= 11 is 1.48. The second-order valence-electron chi connectivity index (χ2n) is 5.86. The molecule has 23 heavy (non-hydrogen) atoms. The maximum absolute atomic E-state index is 12.9. The molecule has 1 fully saturated rings. The first-order valence-electron chi connectivity index (χ1n) is 7.75. The molecule has 0 spiro atoms. The van der Waals surface area contributed by atoms with Crippen molar-refractivity contribution in [1.29, 1.82) is 0 Å². The third-order valence-electron chi connectivity index (χ3n) is 3.97. The van der Waals surface area contributed by atoms with Gasteiger partial charge in [0.05, 0.1) is 5.56 Å². The zero-order valence-corrected chi connectivity index (χ0v) is 14.3. The first-order chi connectivity index (χ1) is 11.1. The topological polar surface area (TPSA) is 72.1 Å². The van der Waals surface area contributed by atoms with Gasteiger partial charge in [-0.25, -0.2) is 4.98 Å². The van der Waals surface area contributed by atoms with Gasteiger partial charge in [0, 0.05) is 18.7 Å². The third-order valence-corrected chi connectivity index (χ3v) is 4.68. The van der Waals surface area contributed by atoms with Crippen molar-refractivity contribution in [2.45, 2.75) is 43.7 Å². The molecule has 0 bridgehead atoms. The Hall–Kier alpha value is -1.89. The standard InChI is InChI=1S/C16H20N4O2S/c1-10(2)13-18-14(22-19-13)12-7-5-9-20(12)16(21)11-6-4-8-17-15(11)23-3/h4,6,8,10,12H,5,7,9H2,1-3H3. The molecule has 0 aliphatic carbocycles. The second-order valence-corrected chi connectivity index (χ2v) is 6.66. The van der Waals surface area contributed by atoms with Crippen LogP contribution in [0.3, 0.4) is 0 Å². The zero-order valence-electron chi connectivity index (χ0n) is 13.5. The van der Waals surface area contributed by atoms with Crippen LogP contribution in [0.1, 0.15) is 60.7 Å². The van der Waals surface area contributed by atoms with Crippen molar-refractivity contribution in [1.82, 2.24) is 20.0 Å². The Kier molecular flexibility index (Phi) is 4.66. The summed E-state index contributed by atoms with van der Waals surface area (Å²) in [6, 6.07) is 3.48. The monoisotopic (exact) mass is 332 g/mol. The number of hydrogen-bond acceptors (Lipinski definition) is 6. The number of likely N-dealkylation sites (tertiary alicyclic amines) is 1. The molecule has 1 amide bonds. The van der Waals surface area contributed by atoms with Crippen LogP contribution >= 0.6 is 11.8 Å². The predicted molar refractivity (Wildman–Crippen MR) is 87.4 cm³/mol. The number of nitrogens with zero attached hydrogens (tertiary/aromatic N) is 4. The van der Waals surface area contributed by atoms with Crippen LogP contribution in [0.5, 0.6) is 0 Å².